The summed E-state index contributed by atoms with van der Waals surface area (Å²) in [5.41, 5.74) is 2.19. The lowest BCUT2D eigenvalue weighted by Gasteiger charge is -2.10. The van der Waals surface area contributed by atoms with Gasteiger partial charge in [0.15, 0.2) is 0 Å². The van der Waals surface area contributed by atoms with Crippen LogP contribution in [0.5, 0.6) is 0 Å². The van der Waals surface area contributed by atoms with Crippen LogP contribution in [-0.2, 0) is 0 Å². The van der Waals surface area contributed by atoms with Crippen molar-refractivity contribution in [3.63, 3.8) is 0 Å². The molecule has 0 saturated carbocycles. The molecule has 0 bridgehead atoms. The molecule has 0 unspecified atom stereocenters. The zero-order chi connectivity index (χ0) is 18.6. The Morgan fingerprint density at radius 3 is 2.44 bits per heavy atom. The van der Waals surface area contributed by atoms with Crippen LogP contribution in [0.4, 0.5) is 5.69 Å². The minimum absolute atomic E-state index is 0.216. The van der Waals surface area contributed by atoms with E-state index in [1.54, 1.807) is 6.07 Å². The molecule has 4 nitrogen and oxygen atoms in total. The second kappa shape index (κ2) is 7.64. The number of halogens is 1. The standard InChI is InChI=1S/C22H18ClN3O/c23-21-19(14-17-7-3-4-8-20(17)26-21)22(27)25-12-11-24-18-10-9-15-5-1-2-6-16(15)13-18/h1-10,13-14,24H,11-12H2,(H,25,27). The number of benzene rings is 3. The summed E-state index contributed by atoms with van der Waals surface area (Å²) in [6.45, 7) is 1.09. The first kappa shape index (κ1) is 17.3. The lowest BCUT2D eigenvalue weighted by Crippen LogP contribution is -2.29. The van der Waals surface area contributed by atoms with Crippen LogP contribution < -0.4 is 10.6 Å². The Morgan fingerprint density at radius 2 is 1.59 bits per heavy atom. The van der Waals surface area contributed by atoms with Crippen molar-refractivity contribution in [1.82, 2.24) is 10.3 Å². The van der Waals surface area contributed by atoms with Crippen LogP contribution in [0.1, 0.15) is 10.4 Å². The zero-order valence-corrected chi connectivity index (χ0v) is 15.3. The Hall–Kier alpha value is -3.11. The van der Waals surface area contributed by atoms with Crippen molar-refractivity contribution in [2.45, 2.75) is 0 Å². The molecular formula is C22H18ClN3O. The van der Waals surface area contributed by atoms with Gasteiger partial charge in [0.05, 0.1) is 11.1 Å². The number of hydrogen-bond donors (Lipinski definition) is 2. The Balaban J connectivity index is 1.37. The fraction of sp³-hybridized carbons (Fsp3) is 0.0909. The molecule has 0 aliphatic rings. The molecule has 1 aromatic heterocycles. The van der Waals surface area contributed by atoms with E-state index < -0.39 is 0 Å². The first-order chi connectivity index (χ1) is 13.2. The number of anilines is 1. The number of aromatic nitrogens is 1. The highest BCUT2D eigenvalue weighted by Gasteiger charge is 2.12. The molecule has 1 amide bonds. The third-order valence-corrected chi connectivity index (χ3v) is 4.70. The highest BCUT2D eigenvalue weighted by Crippen LogP contribution is 2.20. The fourth-order valence-electron chi connectivity index (χ4n) is 3.03. The van der Waals surface area contributed by atoms with Crippen molar-refractivity contribution in [1.29, 1.82) is 0 Å². The Bertz CT molecular complexity index is 1130. The van der Waals surface area contributed by atoms with Crippen molar-refractivity contribution in [2.75, 3.05) is 18.4 Å². The van der Waals surface area contributed by atoms with Gasteiger partial charge in [0.1, 0.15) is 5.15 Å². The van der Waals surface area contributed by atoms with Gasteiger partial charge in [-0.1, -0.05) is 60.1 Å². The molecule has 0 spiro atoms. The number of fused-ring (bicyclic) bond motifs is 2. The average molecular weight is 376 g/mol. The first-order valence-electron chi connectivity index (χ1n) is 8.77. The van der Waals surface area contributed by atoms with Gasteiger partial charge < -0.3 is 10.6 Å². The van der Waals surface area contributed by atoms with Gasteiger partial charge >= 0.3 is 0 Å². The largest absolute Gasteiger partial charge is 0.383 e. The quantitative estimate of drug-likeness (QED) is 0.386. The van der Waals surface area contributed by atoms with Crippen molar-refractivity contribution >= 4 is 44.9 Å². The first-order valence-corrected chi connectivity index (χ1v) is 9.15. The van der Waals surface area contributed by atoms with Gasteiger partial charge in [-0.15, -0.1) is 0 Å². The smallest absolute Gasteiger partial charge is 0.254 e. The number of nitrogens with one attached hydrogen (secondary N) is 2. The molecule has 5 heteroatoms. The molecule has 2 N–H and O–H groups in total. The number of amides is 1. The van der Waals surface area contributed by atoms with Crippen molar-refractivity contribution < 1.29 is 4.79 Å². The third kappa shape index (κ3) is 3.86. The minimum atomic E-state index is -0.224. The monoisotopic (exact) mass is 375 g/mol. The maximum absolute atomic E-state index is 12.4. The van der Waals surface area contributed by atoms with E-state index in [0.717, 1.165) is 16.6 Å². The van der Waals surface area contributed by atoms with Crippen LogP contribution in [0.3, 0.4) is 0 Å². The number of para-hydroxylation sites is 1. The number of pyridine rings is 1. The average Bonchev–Trinajstić information content (AvgIpc) is 2.70. The third-order valence-electron chi connectivity index (χ3n) is 4.41. The number of carbonyl (C=O) groups excluding carboxylic acids is 1. The van der Waals surface area contributed by atoms with Crippen molar-refractivity contribution in [3.8, 4) is 0 Å². The summed E-state index contributed by atoms with van der Waals surface area (Å²) in [5.74, 6) is -0.224. The Labute approximate surface area is 162 Å². The summed E-state index contributed by atoms with van der Waals surface area (Å²) in [5, 5.41) is 9.70. The van der Waals surface area contributed by atoms with E-state index in [1.807, 2.05) is 42.5 Å². The second-order valence-electron chi connectivity index (χ2n) is 6.26. The number of carbonyl (C=O) groups is 1. The molecule has 0 aliphatic carbocycles. The summed E-state index contributed by atoms with van der Waals surface area (Å²) in [6.07, 6.45) is 0. The van der Waals surface area contributed by atoms with Gasteiger partial charge in [0.25, 0.3) is 5.91 Å². The molecule has 134 valence electrons. The maximum atomic E-state index is 12.4. The highest BCUT2D eigenvalue weighted by molar-refractivity contribution is 6.33. The number of nitrogens with zero attached hydrogens (tertiary/aromatic N) is 1. The molecule has 0 atom stereocenters. The van der Waals surface area contributed by atoms with E-state index in [4.69, 9.17) is 11.6 Å². The summed E-state index contributed by atoms with van der Waals surface area (Å²) in [4.78, 5) is 16.7. The molecule has 27 heavy (non-hydrogen) atoms. The molecule has 4 aromatic rings. The summed E-state index contributed by atoms with van der Waals surface area (Å²) < 4.78 is 0. The predicted octanol–water partition coefficient (Wildman–Crippen LogP) is 4.88. The highest BCUT2D eigenvalue weighted by atomic mass is 35.5. The maximum Gasteiger partial charge on any atom is 0.254 e. The zero-order valence-electron chi connectivity index (χ0n) is 14.6. The summed E-state index contributed by atoms with van der Waals surface area (Å²) >= 11 is 6.17. The van der Waals surface area contributed by atoms with Gasteiger partial charge in [0.2, 0.25) is 0 Å². The SMILES string of the molecule is O=C(NCCNc1ccc2ccccc2c1)c1cc2ccccc2nc1Cl. The van der Waals surface area contributed by atoms with Crippen molar-refractivity contribution in [3.05, 3.63) is 83.5 Å². The summed E-state index contributed by atoms with van der Waals surface area (Å²) in [7, 11) is 0. The summed E-state index contributed by atoms with van der Waals surface area (Å²) in [6, 6.07) is 23.8. The van der Waals surface area contributed by atoms with Gasteiger partial charge in [0, 0.05) is 24.2 Å². The lowest BCUT2D eigenvalue weighted by molar-refractivity contribution is 0.0955. The van der Waals surface area contributed by atoms with Crippen LogP contribution >= 0.6 is 11.6 Å². The molecule has 3 aromatic carbocycles. The number of rotatable bonds is 5. The molecule has 0 aliphatic heterocycles. The van der Waals surface area contributed by atoms with E-state index >= 15 is 0 Å². The molecular weight excluding hydrogens is 358 g/mol. The van der Waals surface area contributed by atoms with E-state index in [0.29, 0.717) is 18.7 Å². The molecule has 1 heterocycles. The topological polar surface area (TPSA) is 54.0 Å². The van der Waals surface area contributed by atoms with Crippen LogP contribution in [0.2, 0.25) is 5.15 Å². The van der Waals surface area contributed by atoms with E-state index in [1.165, 1.54) is 10.8 Å². The van der Waals surface area contributed by atoms with Gasteiger partial charge in [-0.2, -0.15) is 0 Å². The van der Waals surface area contributed by atoms with Crippen LogP contribution in [0.15, 0.2) is 72.8 Å². The normalized spacial score (nSPS) is 10.9. The van der Waals surface area contributed by atoms with E-state index in [2.05, 4.69) is 39.9 Å². The van der Waals surface area contributed by atoms with Crippen LogP contribution in [0.25, 0.3) is 21.7 Å². The van der Waals surface area contributed by atoms with E-state index in [-0.39, 0.29) is 11.1 Å². The Morgan fingerprint density at radius 1 is 0.852 bits per heavy atom. The van der Waals surface area contributed by atoms with Crippen LogP contribution in [-0.4, -0.2) is 24.0 Å². The lowest BCUT2D eigenvalue weighted by atomic mass is 10.1. The van der Waals surface area contributed by atoms with Gasteiger partial charge in [-0.3, -0.25) is 4.79 Å². The van der Waals surface area contributed by atoms with Crippen molar-refractivity contribution in [2.24, 2.45) is 0 Å². The van der Waals surface area contributed by atoms with Gasteiger partial charge in [-0.05, 0) is 35.0 Å². The Kier molecular flexibility index (Phi) is 4.90. The fourth-order valence-corrected chi connectivity index (χ4v) is 3.26. The van der Waals surface area contributed by atoms with Gasteiger partial charge in [-0.25, -0.2) is 4.98 Å². The second-order valence-corrected chi connectivity index (χ2v) is 6.62. The van der Waals surface area contributed by atoms with E-state index in [9.17, 15) is 4.79 Å². The number of hydrogen-bond acceptors (Lipinski definition) is 3. The predicted molar refractivity (Wildman–Crippen MR) is 112 cm³/mol. The molecule has 0 radical (unpaired) electrons. The van der Waals surface area contributed by atoms with Crippen LogP contribution in [0, 0.1) is 0 Å². The molecule has 0 fully saturated rings. The minimum Gasteiger partial charge on any atom is -0.383 e. The molecule has 4 rings (SSSR count). The molecule has 0 saturated heterocycles.